The number of nitrogens with one attached hydrogen (secondary N) is 3. The number of phenols is 1. The van der Waals surface area contributed by atoms with E-state index in [1.807, 2.05) is 13.8 Å². The predicted molar refractivity (Wildman–Crippen MR) is 197 cm³/mol. The number of benzene rings is 3. The van der Waals surface area contributed by atoms with E-state index in [0.717, 1.165) is 11.1 Å². The molecule has 0 bridgehead atoms. The van der Waals surface area contributed by atoms with Crippen molar-refractivity contribution in [2.75, 3.05) is 27.8 Å². The molecule has 282 valence electrons. The van der Waals surface area contributed by atoms with E-state index in [9.17, 15) is 29.1 Å². The topological polar surface area (TPSA) is 167 Å². The Morgan fingerprint density at radius 1 is 0.679 bits per heavy atom. The number of ether oxygens (including phenoxy) is 2. The lowest BCUT2D eigenvalue weighted by Crippen LogP contribution is -2.59. The fourth-order valence-corrected chi connectivity index (χ4v) is 6.85. The third kappa shape index (κ3) is 9.45. The van der Waals surface area contributed by atoms with E-state index in [1.165, 1.54) is 29.0 Å². The molecule has 0 saturated carbocycles. The van der Waals surface area contributed by atoms with Crippen LogP contribution in [0.4, 0.5) is 0 Å². The van der Waals surface area contributed by atoms with E-state index in [1.54, 1.807) is 74.9 Å². The third-order valence-corrected chi connectivity index (χ3v) is 10.00. The second-order valence-corrected chi connectivity index (χ2v) is 14.0. The van der Waals surface area contributed by atoms with Crippen LogP contribution in [0.2, 0.25) is 0 Å². The molecule has 2 fully saturated rings. The Morgan fingerprint density at radius 2 is 1.19 bits per heavy atom. The minimum atomic E-state index is -1.15. The number of carbonyl (C=O) groups is 5. The van der Waals surface area contributed by atoms with Crippen molar-refractivity contribution < 1.29 is 38.6 Å². The molecule has 2 heterocycles. The zero-order valence-corrected chi connectivity index (χ0v) is 30.8. The van der Waals surface area contributed by atoms with Gasteiger partial charge in [0.1, 0.15) is 47.5 Å². The van der Waals surface area contributed by atoms with Gasteiger partial charge in [-0.1, -0.05) is 50.2 Å². The molecule has 2 aliphatic heterocycles. The molecule has 4 N–H and O–H groups in total. The molecule has 0 aromatic heterocycles. The first-order valence-corrected chi connectivity index (χ1v) is 17.9. The molecule has 0 radical (unpaired) electrons. The summed E-state index contributed by atoms with van der Waals surface area (Å²) in [6.07, 6.45) is 1.18. The highest BCUT2D eigenvalue weighted by Gasteiger charge is 2.42. The summed E-state index contributed by atoms with van der Waals surface area (Å²) in [5.74, 6) is -1.68. The van der Waals surface area contributed by atoms with Crippen molar-refractivity contribution in [2.45, 2.75) is 76.2 Å². The zero-order chi connectivity index (χ0) is 38.2. The second kappa shape index (κ2) is 17.3. The minimum Gasteiger partial charge on any atom is -0.508 e. The Balaban J connectivity index is 1.58. The van der Waals surface area contributed by atoms with E-state index in [-0.39, 0.29) is 30.9 Å². The van der Waals surface area contributed by atoms with Crippen LogP contribution in [0, 0.1) is 5.92 Å². The van der Waals surface area contributed by atoms with Gasteiger partial charge in [-0.15, -0.1) is 0 Å². The largest absolute Gasteiger partial charge is 0.508 e. The van der Waals surface area contributed by atoms with Gasteiger partial charge in [0.25, 0.3) is 0 Å². The smallest absolute Gasteiger partial charge is 0.246 e. The monoisotopic (exact) mass is 727 g/mol. The third-order valence-electron chi connectivity index (χ3n) is 10.00. The van der Waals surface area contributed by atoms with Gasteiger partial charge in [0.15, 0.2) is 0 Å². The summed E-state index contributed by atoms with van der Waals surface area (Å²) in [7, 11) is 4.60. The highest BCUT2D eigenvalue weighted by molar-refractivity contribution is 5.98. The molecule has 0 unspecified atom stereocenters. The lowest BCUT2D eigenvalue weighted by molar-refractivity contribution is -0.144. The van der Waals surface area contributed by atoms with Crippen LogP contribution in [0.25, 0.3) is 0 Å². The highest BCUT2D eigenvalue weighted by atomic mass is 16.5. The number of aromatic hydroxyl groups is 1. The Labute approximate surface area is 310 Å². The van der Waals surface area contributed by atoms with E-state index < -0.39 is 59.7 Å². The van der Waals surface area contributed by atoms with Crippen LogP contribution in [-0.4, -0.2) is 102 Å². The molecule has 3 aromatic rings. The van der Waals surface area contributed by atoms with Gasteiger partial charge in [0.05, 0.1) is 14.2 Å². The number of likely N-dealkylation sites (N-methyl/N-ethyl adjacent to an activating group) is 1. The molecule has 5 atom stereocenters. The van der Waals surface area contributed by atoms with Gasteiger partial charge < -0.3 is 40.3 Å². The molecule has 13 nitrogen and oxygen atoms in total. The van der Waals surface area contributed by atoms with Crippen molar-refractivity contribution in [1.82, 2.24) is 25.8 Å². The predicted octanol–water partition coefficient (Wildman–Crippen LogP) is 2.38. The fourth-order valence-electron chi connectivity index (χ4n) is 6.85. The number of nitrogens with zero attached hydrogens (tertiary/aromatic N) is 2. The van der Waals surface area contributed by atoms with Gasteiger partial charge in [-0.3, -0.25) is 24.0 Å². The minimum absolute atomic E-state index is 0.0463. The maximum absolute atomic E-state index is 14.6. The maximum Gasteiger partial charge on any atom is 0.246 e. The molecule has 0 aliphatic carbocycles. The first kappa shape index (κ1) is 38.6. The summed E-state index contributed by atoms with van der Waals surface area (Å²) >= 11 is 0. The maximum atomic E-state index is 14.6. The van der Waals surface area contributed by atoms with Gasteiger partial charge in [-0.2, -0.15) is 0 Å². The van der Waals surface area contributed by atoms with Gasteiger partial charge in [0.2, 0.25) is 29.5 Å². The fraction of sp³-hybridized carbons (Fsp3) is 0.425. The van der Waals surface area contributed by atoms with Crippen molar-refractivity contribution in [3.05, 3.63) is 89.5 Å². The quantitative estimate of drug-likeness (QED) is 0.261. The van der Waals surface area contributed by atoms with Gasteiger partial charge in [0, 0.05) is 32.9 Å². The standard InChI is InChI=1S/C40H49N5O8/c1-24(2)35-40(51)45-20-6-7-33(45)37(48)41-31(21-25-10-16-29(52-4)17-11-25)36(47)42-32(22-26-12-18-30(53-5)19-13-26)39(50)44(3)34(38(49)43-35)23-27-8-14-28(46)15-9-27/h8-19,24,31-35,46H,6-7,20-23H2,1-5H3,(H,41,48)(H,42,47)(H,43,49)/t31-,32-,33-,34+,35-/m0/s1. The van der Waals surface area contributed by atoms with Gasteiger partial charge >= 0.3 is 0 Å². The molecular weight excluding hydrogens is 678 g/mol. The van der Waals surface area contributed by atoms with Crippen LogP contribution < -0.4 is 25.4 Å². The zero-order valence-electron chi connectivity index (χ0n) is 30.8. The lowest BCUT2D eigenvalue weighted by Gasteiger charge is -2.34. The molecule has 5 rings (SSSR count). The number of hydrogen-bond donors (Lipinski definition) is 4. The van der Waals surface area contributed by atoms with E-state index in [4.69, 9.17) is 9.47 Å². The van der Waals surface area contributed by atoms with Crippen LogP contribution in [0.3, 0.4) is 0 Å². The Morgan fingerprint density at radius 3 is 1.74 bits per heavy atom. The summed E-state index contributed by atoms with van der Waals surface area (Å²) in [6.45, 7) is 3.93. The van der Waals surface area contributed by atoms with Crippen LogP contribution in [0.1, 0.15) is 43.4 Å². The summed E-state index contributed by atoms with van der Waals surface area (Å²) in [4.78, 5) is 74.1. The number of phenolic OH excluding ortho intramolecular Hbond substituents is 1. The number of rotatable bonds is 9. The Kier molecular flexibility index (Phi) is 12.6. The van der Waals surface area contributed by atoms with Gasteiger partial charge in [-0.25, -0.2) is 0 Å². The molecule has 2 saturated heterocycles. The van der Waals surface area contributed by atoms with Crippen LogP contribution in [0.15, 0.2) is 72.8 Å². The van der Waals surface area contributed by atoms with Crippen molar-refractivity contribution >= 4 is 29.5 Å². The molecule has 3 aromatic carbocycles. The summed E-state index contributed by atoms with van der Waals surface area (Å²) in [5.41, 5.74) is 2.12. The Hall–Kier alpha value is -5.59. The number of carbonyl (C=O) groups excluding carboxylic acids is 5. The van der Waals surface area contributed by atoms with Crippen molar-refractivity contribution in [2.24, 2.45) is 5.92 Å². The lowest BCUT2D eigenvalue weighted by atomic mass is 9.98. The normalized spacial score (nSPS) is 23.1. The summed E-state index contributed by atoms with van der Waals surface area (Å²) in [6, 6.07) is 15.3. The summed E-state index contributed by atoms with van der Waals surface area (Å²) in [5, 5.41) is 18.6. The average molecular weight is 728 g/mol. The number of fused-ring (bicyclic) bond motifs is 1. The van der Waals surface area contributed by atoms with Gasteiger partial charge in [-0.05, 0) is 71.8 Å². The van der Waals surface area contributed by atoms with Crippen LogP contribution in [-0.2, 0) is 43.2 Å². The molecule has 0 spiro atoms. The Bertz CT molecular complexity index is 1760. The first-order chi connectivity index (χ1) is 25.4. The van der Waals surface area contributed by atoms with Crippen molar-refractivity contribution in [3.8, 4) is 17.2 Å². The molecular formula is C40H49N5O8. The highest BCUT2D eigenvalue weighted by Crippen LogP contribution is 2.23. The first-order valence-electron chi connectivity index (χ1n) is 17.9. The number of hydrogen-bond acceptors (Lipinski definition) is 8. The molecule has 2 aliphatic rings. The average Bonchev–Trinajstić information content (AvgIpc) is 3.66. The van der Waals surface area contributed by atoms with Crippen molar-refractivity contribution in [1.29, 1.82) is 0 Å². The van der Waals surface area contributed by atoms with E-state index in [2.05, 4.69) is 16.0 Å². The van der Waals surface area contributed by atoms with Crippen LogP contribution in [0.5, 0.6) is 17.2 Å². The van der Waals surface area contributed by atoms with E-state index >= 15 is 0 Å². The molecule has 13 heteroatoms. The summed E-state index contributed by atoms with van der Waals surface area (Å²) < 4.78 is 10.6. The van der Waals surface area contributed by atoms with E-state index in [0.29, 0.717) is 36.4 Å². The molecule has 53 heavy (non-hydrogen) atoms. The van der Waals surface area contributed by atoms with Crippen molar-refractivity contribution in [3.63, 3.8) is 0 Å². The van der Waals surface area contributed by atoms with Crippen LogP contribution >= 0.6 is 0 Å². The number of methoxy groups -OCH3 is 2. The SMILES string of the molecule is COc1ccc(C[C@@H]2NC(=O)[C@@H]3CCCN3C(=O)[C@H](C(C)C)NC(=O)[C@@H](Cc3ccc(O)cc3)N(C)C(=O)[C@H](Cc3ccc(OC)cc3)NC2=O)cc1. The molecule has 5 amide bonds. The second-order valence-electron chi connectivity index (χ2n) is 14.0. The number of amides is 5.